The molecular weight excluding hydrogens is 279 g/mol. The largest absolute Gasteiger partial charge is 0.339 e. The fourth-order valence-corrected chi connectivity index (χ4v) is 3.00. The van der Waals surface area contributed by atoms with E-state index in [-0.39, 0.29) is 11.5 Å². The molecule has 3 rings (SSSR count). The highest BCUT2D eigenvalue weighted by atomic mass is 19.1. The predicted octanol–water partition coefficient (Wildman–Crippen LogP) is 3.32. The van der Waals surface area contributed by atoms with Crippen molar-refractivity contribution in [1.82, 2.24) is 9.88 Å². The monoisotopic (exact) mass is 298 g/mol. The Morgan fingerprint density at radius 3 is 2.50 bits per heavy atom. The minimum absolute atomic E-state index is 0.176. The summed E-state index contributed by atoms with van der Waals surface area (Å²) in [5.74, 6) is -0.0565. The number of hydrogen-bond acceptors (Lipinski definition) is 2. The van der Waals surface area contributed by atoms with Crippen LogP contribution in [0.25, 0.3) is 0 Å². The Morgan fingerprint density at radius 2 is 1.82 bits per heavy atom. The molecule has 3 nitrogen and oxygen atoms in total. The van der Waals surface area contributed by atoms with Crippen molar-refractivity contribution in [2.75, 3.05) is 13.1 Å². The van der Waals surface area contributed by atoms with Crippen LogP contribution in [0, 0.1) is 11.7 Å². The first-order chi connectivity index (χ1) is 10.7. The maximum absolute atomic E-state index is 13.7. The van der Waals surface area contributed by atoms with E-state index >= 15 is 0 Å². The van der Waals surface area contributed by atoms with Gasteiger partial charge in [-0.2, -0.15) is 0 Å². The number of piperidine rings is 1. The van der Waals surface area contributed by atoms with Gasteiger partial charge in [0.15, 0.2) is 0 Å². The van der Waals surface area contributed by atoms with Crippen molar-refractivity contribution in [3.8, 4) is 0 Å². The summed E-state index contributed by atoms with van der Waals surface area (Å²) in [7, 11) is 0. The number of halogens is 1. The third-order valence-corrected chi connectivity index (χ3v) is 4.28. The Hall–Kier alpha value is -2.23. The Kier molecular flexibility index (Phi) is 4.47. The predicted molar refractivity (Wildman–Crippen MR) is 83.0 cm³/mol. The smallest absolute Gasteiger partial charge is 0.256 e. The summed E-state index contributed by atoms with van der Waals surface area (Å²) in [6.45, 7) is 1.39. The molecule has 0 atom stereocenters. The van der Waals surface area contributed by atoms with Gasteiger partial charge >= 0.3 is 0 Å². The highest BCUT2D eigenvalue weighted by Gasteiger charge is 2.25. The third kappa shape index (κ3) is 3.32. The van der Waals surface area contributed by atoms with Crippen LogP contribution in [0.2, 0.25) is 0 Å². The summed E-state index contributed by atoms with van der Waals surface area (Å²) >= 11 is 0. The first kappa shape index (κ1) is 14.7. The molecule has 22 heavy (non-hydrogen) atoms. The molecule has 0 N–H and O–H groups in total. The van der Waals surface area contributed by atoms with E-state index < -0.39 is 5.82 Å². The summed E-state index contributed by atoms with van der Waals surface area (Å²) in [6.07, 6.45) is 6.56. The Labute approximate surface area is 129 Å². The van der Waals surface area contributed by atoms with E-state index in [1.54, 1.807) is 23.1 Å². The summed E-state index contributed by atoms with van der Waals surface area (Å²) in [6, 6.07) is 10.3. The number of carbonyl (C=O) groups is 1. The lowest BCUT2D eigenvalue weighted by molar-refractivity contribution is 0.0686. The molecule has 2 heterocycles. The van der Waals surface area contributed by atoms with Gasteiger partial charge in [0.2, 0.25) is 0 Å². The van der Waals surface area contributed by atoms with Crippen LogP contribution in [0.5, 0.6) is 0 Å². The van der Waals surface area contributed by atoms with E-state index in [2.05, 4.69) is 4.98 Å². The number of aromatic nitrogens is 1. The molecule has 0 saturated carbocycles. The number of pyridine rings is 1. The van der Waals surface area contributed by atoms with Gasteiger partial charge in [-0.25, -0.2) is 4.39 Å². The average Bonchev–Trinajstić information content (AvgIpc) is 2.56. The molecule has 1 saturated heterocycles. The molecule has 1 amide bonds. The lowest BCUT2D eigenvalue weighted by Crippen LogP contribution is -2.39. The number of benzene rings is 1. The van der Waals surface area contributed by atoms with Gasteiger partial charge in [0, 0.05) is 25.5 Å². The van der Waals surface area contributed by atoms with Crippen molar-refractivity contribution in [1.29, 1.82) is 0 Å². The van der Waals surface area contributed by atoms with Crippen molar-refractivity contribution in [2.45, 2.75) is 19.3 Å². The lowest BCUT2D eigenvalue weighted by atomic mass is 9.90. The summed E-state index contributed by atoms with van der Waals surface area (Å²) in [4.78, 5) is 18.2. The van der Waals surface area contributed by atoms with Crippen LogP contribution in [-0.2, 0) is 6.42 Å². The zero-order chi connectivity index (χ0) is 15.4. The van der Waals surface area contributed by atoms with Gasteiger partial charge in [-0.15, -0.1) is 0 Å². The van der Waals surface area contributed by atoms with Crippen molar-refractivity contribution in [3.05, 3.63) is 65.7 Å². The minimum atomic E-state index is -0.439. The van der Waals surface area contributed by atoms with E-state index in [1.807, 2.05) is 24.5 Å². The molecule has 1 aliphatic rings. The van der Waals surface area contributed by atoms with E-state index in [4.69, 9.17) is 0 Å². The van der Waals surface area contributed by atoms with Crippen LogP contribution in [0.15, 0.2) is 48.8 Å². The van der Waals surface area contributed by atoms with Crippen LogP contribution in [-0.4, -0.2) is 28.9 Å². The molecule has 4 heteroatoms. The summed E-state index contributed by atoms with van der Waals surface area (Å²) in [5, 5.41) is 0. The molecular formula is C18H19FN2O. The summed E-state index contributed by atoms with van der Waals surface area (Å²) < 4.78 is 13.7. The van der Waals surface area contributed by atoms with Gasteiger partial charge < -0.3 is 4.90 Å². The zero-order valence-corrected chi connectivity index (χ0v) is 12.4. The van der Waals surface area contributed by atoms with E-state index in [0.29, 0.717) is 19.0 Å². The maximum Gasteiger partial charge on any atom is 0.256 e. The van der Waals surface area contributed by atoms with Crippen LogP contribution in [0.4, 0.5) is 4.39 Å². The van der Waals surface area contributed by atoms with E-state index in [0.717, 1.165) is 19.3 Å². The Morgan fingerprint density at radius 1 is 1.14 bits per heavy atom. The Bertz CT molecular complexity index is 637. The molecule has 1 aliphatic heterocycles. The molecule has 2 aromatic rings. The van der Waals surface area contributed by atoms with Crippen LogP contribution in [0.3, 0.4) is 0 Å². The molecule has 0 radical (unpaired) electrons. The summed E-state index contributed by atoms with van der Waals surface area (Å²) in [5.41, 5.74) is 1.46. The van der Waals surface area contributed by atoms with Gasteiger partial charge in [-0.05, 0) is 55.0 Å². The fourth-order valence-electron chi connectivity index (χ4n) is 3.00. The number of likely N-dealkylation sites (tertiary alicyclic amines) is 1. The highest BCUT2D eigenvalue weighted by molar-refractivity contribution is 5.94. The second-order valence-electron chi connectivity index (χ2n) is 5.78. The van der Waals surface area contributed by atoms with Crippen LogP contribution in [0.1, 0.15) is 28.8 Å². The topological polar surface area (TPSA) is 33.2 Å². The molecule has 0 spiro atoms. The number of hydrogen-bond donors (Lipinski definition) is 0. The van der Waals surface area contributed by atoms with Gasteiger partial charge in [0.1, 0.15) is 5.82 Å². The quantitative estimate of drug-likeness (QED) is 0.871. The minimum Gasteiger partial charge on any atom is -0.339 e. The second-order valence-corrected chi connectivity index (χ2v) is 5.78. The molecule has 114 valence electrons. The van der Waals surface area contributed by atoms with Gasteiger partial charge in [-0.1, -0.05) is 12.1 Å². The second kappa shape index (κ2) is 6.69. The lowest BCUT2D eigenvalue weighted by Gasteiger charge is -2.32. The molecule has 0 aliphatic carbocycles. The molecule has 1 aromatic heterocycles. The van der Waals surface area contributed by atoms with Crippen LogP contribution < -0.4 is 0 Å². The normalized spacial score (nSPS) is 15.8. The number of rotatable bonds is 3. The molecule has 1 aromatic carbocycles. The van der Waals surface area contributed by atoms with E-state index in [9.17, 15) is 9.18 Å². The fraction of sp³-hybridized carbons (Fsp3) is 0.333. The van der Waals surface area contributed by atoms with Crippen molar-refractivity contribution in [3.63, 3.8) is 0 Å². The number of amides is 1. The van der Waals surface area contributed by atoms with Gasteiger partial charge in [0.05, 0.1) is 5.56 Å². The first-order valence-electron chi connectivity index (χ1n) is 7.67. The van der Waals surface area contributed by atoms with Gasteiger partial charge in [-0.3, -0.25) is 9.78 Å². The highest BCUT2D eigenvalue weighted by Crippen LogP contribution is 2.23. The maximum atomic E-state index is 13.7. The van der Waals surface area contributed by atoms with Crippen molar-refractivity contribution < 1.29 is 9.18 Å². The van der Waals surface area contributed by atoms with Crippen LogP contribution >= 0.6 is 0 Å². The molecule has 0 bridgehead atoms. The molecule has 0 unspecified atom stereocenters. The average molecular weight is 298 g/mol. The Balaban J connectivity index is 1.58. The number of carbonyl (C=O) groups excluding carboxylic acids is 1. The van der Waals surface area contributed by atoms with Crippen molar-refractivity contribution in [2.24, 2.45) is 5.92 Å². The van der Waals surface area contributed by atoms with E-state index in [1.165, 1.54) is 11.6 Å². The van der Waals surface area contributed by atoms with Gasteiger partial charge in [0.25, 0.3) is 5.91 Å². The SMILES string of the molecule is O=C(c1ccccc1F)N1CCC(Cc2ccncc2)CC1. The number of nitrogens with zero attached hydrogens (tertiary/aromatic N) is 2. The molecule has 1 fully saturated rings. The first-order valence-corrected chi connectivity index (χ1v) is 7.67. The third-order valence-electron chi connectivity index (χ3n) is 4.28. The van der Waals surface area contributed by atoms with Crippen molar-refractivity contribution >= 4 is 5.91 Å². The zero-order valence-electron chi connectivity index (χ0n) is 12.4. The standard InChI is InChI=1S/C18H19FN2O/c19-17-4-2-1-3-16(17)18(22)21-11-7-15(8-12-21)13-14-5-9-20-10-6-14/h1-6,9-10,15H,7-8,11-13H2.